The van der Waals surface area contributed by atoms with E-state index in [1.807, 2.05) is 0 Å². The van der Waals surface area contributed by atoms with Crippen LogP contribution < -0.4 is 20.4 Å². The molecule has 58 heavy (non-hydrogen) atoms. The highest BCUT2D eigenvalue weighted by Gasteiger charge is 2.38. The van der Waals surface area contributed by atoms with Crippen molar-refractivity contribution in [3.8, 4) is 0 Å². The molecule has 308 valence electrons. The maximum Gasteiger partial charge on any atom is 0.416 e. The van der Waals surface area contributed by atoms with Crippen LogP contribution in [-0.4, -0.2) is 47.0 Å². The molecule has 0 bridgehead atoms. The van der Waals surface area contributed by atoms with Crippen molar-refractivity contribution in [3.05, 3.63) is 108 Å². The molecule has 2 aromatic carbocycles. The van der Waals surface area contributed by atoms with Gasteiger partial charge >= 0.3 is 12.4 Å². The van der Waals surface area contributed by atoms with E-state index >= 15 is 0 Å². The van der Waals surface area contributed by atoms with Crippen LogP contribution in [0.3, 0.4) is 0 Å². The molecule has 0 spiro atoms. The number of piperidine rings is 2. The first-order chi connectivity index (χ1) is 27.9. The summed E-state index contributed by atoms with van der Waals surface area (Å²) in [5.74, 6) is 0.266. The summed E-state index contributed by atoms with van der Waals surface area (Å²) in [6.07, 6.45) is 10.5. The second-order valence-corrected chi connectivity index (χ2v) is 15.7. The molecule has 2 aliphatic carbocycles. The smallest absolute Gasteiger partial charge is 0.367 e. The van der Waals surface area contributed by atoms with E-state index in [1.165, 1.54) is 75.4 Å². The predicted molar refractivity (Wildman–Crippen MR) is 212 cm³/mol. The van der Waals surface area contributed by atoms with Crippen molar-refractivity contribution in [2.75, 3.05) is 33.5 Å². The quantitative estimate of drug-likeness (QED) is 0.189. The highest BCUT2D eigenvalue weighted by Crippen LogP contribution is 2.44. The highest BCUT2D eigenvalue weighted by molar-refractivity contribution is 6.06. The zero-order chi connectivity index (χ0) is 40.9. The number of nitrogens with zero attached hydrogens (tertiary/aromatic N) is 4. The van der Waals surface area contributed by atoms with E-state index in [0.717, 1.165) is 75.9 Å². The molecule has 4 aliphatic rings. The third kappa shape index (κ3) is 9.58. The largest absolute Gasteiger partial charge is 0.416 e. The molecule has 8 rings (SSSR count). The van der Waals surface area contributed by atoms with Gasteiger partial charge in [-0.25, -0.2) is 0 Å². The molecular weight excluding hydrogens is 759 g/mol. The molecule has 0 unspecified atom stereocenters. The second kappa shape index (κ2) is 17.8. The van der Waals surface area contributed by atoms with Crippen molar-refractivity contribution in [1.29, 1.82) is 0 Å². The van der Waals surface area contributed by atoms with E-state index in [0.29, 0.717) is 46.4 Å². The Hall–Kier alpha value is -5.14. The monoisotopic (exact) mass is 806 g/mol. The lowest BCUT2D eigenvalue weighted by Crippen LogP contribution is -2.47. The summed E-state index contributed by atoms with van der Waals surface area (Å²) in [5.41, 5.74) is 0.983. The van der Waals surface area contributed by atoms with Crippen LogP contribution in [0.15, 0.2) is 85.5 Å². The molecule has 4 atom stereocenters. The standard InChI is InChI=1S/2C22H24F3N3O/c2*23-22(24,25)17-7-8-20(28-13-3-5-15-4-1-2-6-19(15)28)18(14-17)27-21(29)16-9-11-26-12-10-16/h2*7-12,14-15,19H,1-6,13H2,(H,27,29)/t2*15-,19+/m00/s1. The van der Waals surface area contributed by atoms with Crippen molar-refractivity contribution in [2.45, 2.75) is 101 Å². The van der Waals surface area contributed by atoms with Crippen molar-refractivity contribution in [2.24, 2.45) is 11.8 Å². The molecule has 4 heterocycles. The van der Waals surface area contributed by atoms with E-state index < -0.39 is 35.3 Å². The number of nitrogens with one attached hydrogen (secondary N) is 2. The van der Waals surface area contributed by atoms with E-state index in [2.05, 4.69) is 30.4 Å². The van der Waals surface area contributed by atoms with Gasteiger partial charge in [0.1, 0.15) is 0 Å². The Bertz CT molecular complexity index is 1880. The van der Waals surface area contributed by atoms with Crippen molar-refractivity contribution in [3.63, 3.8) is 0 Å². The molecular formula is C44H48F6N6O2. The Morgan fingerprint density at radius 1 is 0.517 bits per heavy atom. The fourth-order valence-electron chi connectivity index (χ4n) is 9.37. The number of pyridine rings is 2. The SMILES string of the molecule is O=C(Nc1cc(C(F)(F)F)ccc1N1CCC[C@@H]2CCCC[C@H]21)c1ccncc1.O=C(Nc1cc(C(F)(F)F)ccc1N1CCC[C@@H]2CCCC[C@H]21)c1ccncc1. The van der Waals surface area contributed by atoms with Crippen LogP contribution in [-0.2, 0) is 12.4 Å². The number of rotatable bonds is 6. The van der Waals surface area contributed by atoms with Crippen LogP contribution in [0.1, 0.15) is 109 Å². The minimum atomic E-state index is -4.47. The first-order valence-corrected chi connectivity index (χ1v) is 20.3. The molecule has 0 radical (unpaired) electrons. The third-order valence-corrected chi connectivity index (χ3v) is 12.1. The lowest BCUT2D eigenvalue weighted by atomic mass is 9.78. The Morgan fingerprint density at radius 3 is 1.26 bits per heavy atom. The van der Waals surface area contributed by atoms with Crippen LogP contribution in [0.2, 0.25) is 0 Å². The second-order valence-electron chi connectivity index (χ2n) is 15.7. The van der Waals surface area contributed by atoms with Crippen molar-refractivity contribution < 1.29 is 35.9 Å². The van der Waals surface area contributed by atoms with Crippen LogP contribution in [0.4, 0.5) is 49.1 Å². The maximum atomic E-state index is 13.3. The van der Waals surface area contributed by atoms with E-state index in [1.54, 1.807) is 24.3 Å². The van der Waals surface area contributed by atoms with E-state index in [9.17, 15) is 35.9 Å². The summed E-state index contributed by atoms with van der Waals surface area (Å²) < 4.78 is 80.0. The fourth-order valence-corrected chi connectivity index (χ4v) is 9.37. The van der Waals surface area contributed by atoms with Crippen LogP contribution >= 0.6 is 0 Å². The number of hydrogen-bond donors (Lipinski definition) is 2. The number of alkyl halides is 6. The average molecular weight is 807 g/mol. The van der Waals surface area contributed by atoms with Gasteiger partial charge in [-0.05, 0) is 124 Å². The number of hydrogen-bond acceptors (Lipinski definition) is 6. The van der Waals surface area contributed by atoms with E-state index in [-0.39, 0.29) is 11.4 Å². The fraction of sp³-hybridized carbons (Fsp3) is 0.455. The lowest BCUT2D eigenvalue weighted by molar-refractivity contribution is -0.138. The molecule has 2 saturated carbocycles. The molecule has 2 amide bonds. The summed E-state index contributed by atoms with van der Waals surface area (Å²) in [6, 6.07) is 14.2. The highest BCUT2D eigenvalue weighted by atomic mass is 19.4. The van der Waals surface area contributed by atoms with Gasteiger partial charge < -0.3 is 20.4 Å². The minimum Gasteiger partial charge on any atom is -0.367 e. The summed E-state index contributed by atoms with van der Waals surface area (Å²) >= 11 is 0. The Kier molecular flexibility index (Phi) is 12.6. The number of aromatic nitrogens is 2. The van der Waals surface area contributed by atoms with Crippen LogP contribution in [0.5, 0.6) is 0 Å². The van der Waals surface area contributed by atoms with Gasteiger partial charge in [-0.1, -0.05) is 25.7 Å². The van der Waals surface area contributed by atoms with Gasteiger partial charge in [0.25, 0.3) is 11.8 Å². The summed E-state index contributed by atoms with van der Waals surface area (Å²) in [4.78, 5) is 37.5. The van der Waals surface area contributed by atoms with Gasteiger partial charge in [0.05, 0.1) is 33.9 Å². The van der Waals surface area contributed by atoms with Gasteiger partial charge in [-0.2, -0.15) is 26.3 Å². The lowest BCUT2D eigenvalue weighted by Gasteiger charge is -2.46. The van der Waals surface area contributed by atoms with Gasteiger partial charge in [0.2, 0.25) is 0 Å². The topological polar surface area (TPSA) is 90.5 Å². The number of amides is 2. The van der Waals surface area contributed by atoms with Crippen LogP contribution in [0, 0.1) is 11.8 Å². The summed E-state index contributed by atoms with van der Waals surface area (Å²) in [7, 11) is 0. The first-order valence-electron chi connectivity index (χ1n) is 20.3. The Morgan fingerprint density at radius 2 is 0.879 bits per heavy atom. The normalized spacial score (nSPS) is 22.1. The summed E-state index contributed by atoms with van der Waals surface area (Å²) in [5, 5.41) is 5.45. The number of anilines is 4. The molecule has 4 fully saturated rings. The van der Waals surface area contributed by atoms with Gasteiger partial charge in [-0.15, -0.1) is 0 Å². The molecule has 2 N–H and O–H groups in total. The molecule has 14 heteroatoms. The Balaban J connectivity index is 0.000000177. The number of benzene rings is 2. The zero-order valence-electron chi connectivity index (χ0n) is 32.2. The first kappa shape index (κ1) is 41.0. The number of fused-ring (bicyclic) bond motifs is 2. The Labute approximate surface area is 334 Å². The molecule has 2 aromatic heterocycles. The third-order valence-electron chi connectivity index (χ3n) is 12.1. The maximum absolute atomic E-state index is 13.3. The minimum absolute atomic E-state index is 0.216. The van der Waals surface area contributed by atoms with Gasteiger partial charge in [0, 0.05) is 61.1 Å². The number of halogens is 6. The van der Waals surface area contributed by atoms with Crippen molar-refractivity contribution >= 4 is 34.6 Å². The summed E-state index contributed by atoms with van der Waals surface area (Å²) in [6.45, 7) is 1.59. The number of carbonyl (C=O) groups is 2. The molecule has 4 aromatic rings. The predicted octanol–water partition coefficient (Wildman–Crippen LogP) is 11.0. The van der Waals surface area contributed by atoms with E-state index in [4.69, 9.17) is 0 Å². The van der Waals surface area contributed by atoms with Crippen molar-refractivity contribution in [1.82, 2.24) is 9.97 Å². The zero-order valence-corrected chi connectivity index (χ0v) is 32.2. The molecule has 8 nitrogen and oxygen atoms in total. The van der Waals surface area contributed by atoms with Gasteiger partial charge in [0.15, 0.2) is 0 Å². The van der Waals surface area contributed by atoms with Gasteiger partial charge in [-0.3, -0.25) is 19.6 Å². The molecule has 2 saturated heterocycles. The number of carbonyl (C=O) groups excluding carboxylic acids is 2. The molecule has 2 aliphatic heterocycles. The van der Waals surface area contributed by atoms with Crippen LogP contribution in [0.25, 0.3) is 0 Å². The average Bonchev–Trinajstić information content (AvgIpc) is 3.23.